The van der Waals surface area contributed by atoms with Gasteiger partial charge in [-0.05, 0) is 99.5 Å². The van der Waals surface area contributed by atoms with Gasteiger partial charge in [0.25, 0.3) is 0 Å². The van der Waals surface area contributed by atoms with Crippen molar-refractivity contribution in [3.63, 3.8) is 0 Å². The van der Waals surface area contributed by atoms with Crippen LogP contribution < -0.4 is 0 Å². The number of pyridine rings is 1. The molecule has 5 fully saturated rings. The maximum atomic E-state index is 12.1. The molecule has 1 saturated heterocycles. The van der Waals surface area contributed by atoms with Crippen molar-refractivity contribution in [2.45, 2.75) is 103 Å². The minimum atomic E-state index is -0.854. The smallest absolute Gasteiger partial charge is 0.163 e. The number of hydrogen-bond acceptors (Lipinski definition) is 4. The Morgan fingerprint density at radius 1 is 0.906 bits per heavy atom. The largest absolute Gasteiger partial charge is 0.383 e. The number of aliphatic hydroxyl groups is 1. The van der Waals surface area contributed by atoms with Gasteiger partial charge >= 0.3 is 0 Å². The summed E-state index contributed by atoms with van der Waals surface area (Å²) in [6, 6.07) is 5.99. The molecule has 32 heavy (non-hydrogen) atoms. The van der Waals surface area contributed by atoms with E-state index in [-0.39, 0.29) is 17.6 Å². The van der Waals surface area contributed by atoms with Gasteiger partial charge < -0.3 is 14.6 Å². The van der Waals surface area contributed by atoms with Crippen molar-refractivity contribution in [1.82, 2.24) is 4.98 Å². The van der Waals surface area contributed by atoms with Gasteiger partial charge in [0.2, 0.25) is 0 Å². The first kappa shape index (κ1) is 21.6. The van der Waals surface area contributed by atoms with Crippen molar-refractivity contribution < 1.29 is 14.6 Å². The third-order valence-electron chi connectivity index (χ3n) is 11.0. The Balaban J connectivity index is 1.43. The fourth-order valence-corrected chi connectivity index (χ4v) is 9.43. The number of nitrogens with zero attached hydrogens (tertiary/aromatic N) is 1. The fraction of sp³-hybridized carbons (Fsp3) is 0.821. The summed E-state index contributed by atoms with van der Waals surface area (Å²) >= 11 is 0. The SMILES string of the molecule is C[C@H]1CC[C@@]2(C)[C@H](C1)[C@H]1OC(C)(C)O[C@@H]1C1[C@@H]2CC[C@@]2(C)[C@H]1CC[C@@]2(O)c1ccccn1. The molecule has 1 unspecified atom stereocenters. The molecule has 0 aromatic carbocycles. The summed E-state index contributed by atoms with van der Waals surface area (Å²) in [4.78, 5) is 4.64. The van der Waals surface area contributed by atoms with Crippen LogP contribution in [0.2, 0.25) is 0 Å². The molecular weight excluding hydrogens is 398 g/mol. The third kappa shape index (κ3) is 2.69. The van der Waals surface area contributed by atoms with Gasteiger partial charge in [-0.2, -0.15) is 0 Å². The van der Waals surface area contributed by atoms with E-state index < -0.39 is 11.4 Å². The van der Waals surface area contributed by atoms with Crippen LogP contribution in [0, 0.1) is 40.4 Å². The Labute approximate surface area is 193 Å². The molecule has 0 radical (unpaired) electrons. The zero-order valence-electron chi connectivity index (χ0n) is 20.5. The fourth-order valence-electron chi connectivity index (χ4n) is 9.43. The van der Waals surface area contributed by atoms with E-state index in [1.54, 1.807) is 0 Å². The molecule has 0 bridgehead atoms. The Hall–Kier alpha value is -0.970. The average Bonchev–Trinajstić information content (AvgIpc) is 3.23. The summed E-state index contributed by atoms with van der Waals surface area (Å²) < 4.78 is 13.5. The van der Waals surface area contributed by atoms with E-state index in [0.29, 0.717) is 29.1 Å². The van der Waals surface area contributed by atoms with E-state index in [1.165, 1.54) is 25.7 Å². The lowest BCUT2D eigenvalue weighted by Gasteiger charge is -2.64. The zero-order chi connectivity index (χ0) is 22.5. The summed E-state index contributed by atoms with van der Waals surface area (Å²) in [6.45, 7) is 11.6. The molecule has 2 heterocycles. The Kier molecular flexibility index (Phi) is 4.58. The predicted octanol–water partition coefficient (Wildman–Crippen LogP) is 5.69. The third-order valence-corrected chi connectivity index (χ3v) is 11.0. The molecule has 0 spiro atoms. The molecule has 4 saturated carbocycles. The lowest BCUT2D eigenvalue weighted by molar-refractivity contribution is -0.203. The first-order valence-corrected chi connectivity index (χ1v) is 13.1. The predicted molar refractivity (Wildman–Crippen MR) is 124 cm³/mol. The van der Waals surface area contributed by atoms with E-state index in [1.807, 2.05) is 24.4 Å². The molecule has 5 aliphatic rings. The van der Waals surface area contributed by atoms with Crippen molar-refractivity contribution in [2.75, 3.05) is 0 Å². The van der Waals surface area contributed by atoms with Gasteiger partial charge in [0, 0.05) is 11.6 Å². The summed E-state index contributed by atoms with van der Waals surface area (Å²) in [5, 5.41) is 12.1. The molecule has 176 valence electrons. The van der Waals surface area contributed by atoms with E-state index in [9.17, 15) is 5.11 Å². The van der Waals surface area contributed by atoms with Gasteiger partial charge in [-0.1, -0.05) is 33.3 Å². The highest BCUT2D eigenvalue weighted by Crippen LogP contribution is 2.71. The Morgan fingerprint density at radius 2 is 1.66 bits per heavy atom. The summed E-state index contributed by atoms with van der Waals surface area (Å²) in [7, 11) is 0. The molecule has 4 heteroatoms. The summed E-state index contributed by atoms with van der Waals surface area (Å²) in [5.41, 5.74) is 0.145. The average molecular weight is 440 g/mol. The van der Waals surface area contributed by atoms with Crippen LogP contribution in [-0.2, 0) is 15.1 Å². The van der Waals surface area contributed by atoms with Crippen molar-refractivity contribution >= 4 is 0 Å². The van der Waals surface area contributed by atoms with E-state index in [4.69, 9.17) is 9.47 Å². The number of fused-ring (bicyclic) bond motifs is 8. The van der Waals surface area contributed by atoms with Crippen LogP contribution in [0.15, 0.2) is 24.4 Å². The van der Waals surface area contributed by atoms with Crippen LogP contribution in [0.5, 0.6) is 0 Å². The molecule has 1 N–H and O–H groups in total. The lowest BCUT2D eigenvalue weighted by atomic mass is 9.42. The second kappa shape index (κ2) is 6.79. The van der Waals surface area contributed by atoms with Crippen LogP contribution in [0.1, 0.15) is 85.3 Å². The lowest BCUT2D eigenvalue weighted by Crippen LogP contribution is -2.63. The van der Waals surface area contributed by atoms with E-state index in [2.05, 4.69) is 39.6 Å². The molecule has 4 aliphatic carbocycles. The molecule has 1 aromatic heterocycles. The van der Waals surface area contributed by atoms with Gasteiger partial charge in [0.1, 0.15) is 5.60 Å². The number of ether oxygens (including phenoxy) is 2. The number of rotatable bonds is 1. The Morgan fingerprint density at radius 3 is 2.41 bits per heavy atom. The molecule has 4 nitrogen and oxygen atoms in total. The summed E-state index contributed by atoms with van der Waals surface area (Å²) in [6.07, 6.45) is 10.2. The second-order valence-electron chi connectivity index (χ2n) is 12.9. The van der Waals surface area contributed by atoms with E-state index in [0.717, 1.165) is 30.9 Å². The normalized spacial score (nSPS) is 53.8. The van der Waals surface area contributed by atoms with Crippen LogP contribution in [-0.4, -0.2) is 28.1 Å². The van der Waals surface area contributed by atoms with Crippen molar-refractivity contribution in [2.24, 2.45) is 40.4 Å². The topological polar surface area (TPSA) is 51.6 Å². The number of hydrogen-bond donors (Lipinski definition) is 1. The minimum Gasteiger partial charge on any atom is -0.383 e. The van der Waals surface area contributed by atoms with E-state index >= 15 is 0 Å². The first-order valence-electron chi connectivity index (χ1n) is 13.1. The molecule has 1 aromatic rings. The molecular formula is C28H41NO3. The minimum absolute atomic E-state index is 0.147. The molecule has 6 rings (SSSR count). The quantitative estimate of drug-likeness (QED) is 0.611. The molecule has 1 aliphatic heterocycles. The monoisotopic (exact) mass is 439 g/mol. The van der Waals surface area contributed by atoms with Crippen LogP contribution in [0.3, 0.4) is 0 Å². The van der Waals surface area contributed by atoms with Gasteiger partial charge in [-0.15, -0.1) is 0 Å². The van der Waals surface area contributed by atoms with Crippen molar-refractivity contribution in [3.8, 4) is 0 Å². The molecule has 0 amide bonds. The first-order chi connectivity index (χ1) is 15.1. The maximum absolute atomic E-state index is 12.1. The highest BCUT2D eigenvalue weighted by molar-refractivity contribution is 5.25. The van der Waals surface area contributed by atoms with Crippen molar-refractivity contribution in [1.29, 1.82) is 0 Å². The van der Waals surface area contributed by atoms with Gasteiger partial charge in [-0.3, -0.25) is 4.98 Å². The highest BCUT2D eigenvalue weighted by Gasteiger charge is 2.71. The van der Waals surface area contributed by atoms with Crippen LogP contribution in [0.4, 0.5) is 0 Å². The zero-order valence-corrected chi connectivity index (χ0v) is 20.5. The highest BCUT2D eigenvalue weighted by atomic mass is 16.8. The second-order valence-corrected chi connectivity index (χ2v) is 12.9. The van der Waals surface area contributed by atoms with Gasteiger partial charge in [0.15, 0.2) is 5.79 Å². The van der Waals surface area contributed by atoms with Crippen LogP contribution >= 0.6 is 0 Å². The maximum Gasteiger partial charge on any atom is 0.163 e. The summed E-state index contributed by atoms with van der Waals surface area (Å²) in [5.74, 6) is 2.38. The number of aromatic nitrogens is 1. The van der Waals surface area contributed by atoms with Gasteiger partial charge in [0.05, 0.1) is 17.9 Å². The van der Waals surface area contributed by atoms with Crippen LogP contribution in [0.25, 0.3) is 0 Å². The Bertz CT molecular complexity index is 888. The standard InChI is InChI=1S/C28H41NO3/c1-17-9-12-26(4)18-10-13-27(5)19(11-14-28(27,30)21-8-6-7-15-29-21)22(18)24-23(20(26)16-17)31-25(2,3)32-24/h6-8,15,17-20,22-24,30H,9-14,16H2,1-5H3/t17-,18-,19-,20+,22?,23+,24+,26+,27-,28+/m0/s1. The molecule has 10 atom stereocenters. The van der Waals surface area contributed by atoms with Crippen molar-refractivity contribution in [3.05, 3.63) is 30.1 Å². The van der Waals surface area contributed by atoms with Gasteiger partial charge in [-0.25, -0.2) is 0 Å².